The van der Waals surface area contributed by atoms with E-state index >= 15 is 0 Å². The number of nitrogens with zero attached hydrogens (tertiary/aromatic N) is 1. The Hall–Kier alpha value is -3.18. The summed E-state index contributed by atoms with van der Waals surface area (Å²) in [5.74, 6) is -0.346. The van der Waals surface area contributed by atoms with Crippen LogP contribution in [0.1, 0.15) is 67.8 Å². The van der Waals surface area contributed by atoms with Gasteiger partial charge in [0, 0.05) is 12.0 Å². The van der Waals surface area contributed by atoms with Crippen LogP contribution in [0.15, 0.2) is 65.8 Å². The number of unbranched alkanes of at least 4 members (excludes halogenated alkanes) is 5. The van der Waals surface area contributed by atoms with E-state index in [4.69, 9.17) is 16.3 Å². The molecular formula is C27H29ClN2O3. The zero-order valence-electron chi connectivity index (χ0n) is 18.9. The maximum atomic E-state index is 12.7. The molecule has 3 aromatic carbocycles. The second-order valence-corrected chi connectivity index (χ2v) is 8.29. The van der Waals surface area contributed by atoms with Gasteiger partial charge in [-0.1, -0.05) is 93.1 Å². The van der Waals surface area contributed by atoms with E-state index in [1.165, 1.54) is 25.5 Å². The van der Waals surface area contributed by atoms with Crippen molar-refractivity contribution in [3.8, 4) is 5.75 Å². The molecule has 0 bridgehead atoms. The molecule has 1 N–H and O–H groups in total. The molecule has 0 saturated heterocycles. The quantitative estimate of drug-likeness (QED) is 0.110. The standard InChI is InChI=1S/C27H29ClN2O3/c1-2-3-4-5-6-7-16-26(31)30-29-19-23-21-13-9-8-12-20(21)17-18-25(23)33-27(32)22-14-10-11-15-24(22)28/h8-15,17-19H,2-7,16H2,1H3,(H,30,31)/b29-19-. The van der Waals surface area contributed by atoms with Crippen LogP contribution in [-0.4, -0.2) is 18.1 Å². The van der Waals surface area contributed by atoms with Gasteiger partial charge in [0.05, 0.1) is 16.8 Å². The Morgan fingerprint density at radius 2 is 1.67 bits per heavy atom. The van der Waals surface area contributed by atoms with Crippen LogP contribution >= 0.6 is 11.6 Å². The van der Waals surface area contributed by atoms with E-state index in [0.717, 1.165) is 30.0 Å². The highest BCUT2D eigenvalue weighted by Crippen LogP contribution is 2.28. The summed E-state index contributed by atoms with van der Waals surface area (Å²) in [6, 6.07) is 18.0. The molecule has 0 unspecified atom stereocenters. The number of nitrogens with one attached hydrogen (secondary N) is 1. The average molecular weight is 465 g/mol. The maximum Gasteiger partial charge on any atom is 0.345 e. The first-order chi connectivity index (χ1) is 16.1. The fraction of sp³-hybridized carbons (Fsp3) is 0.296. The average Bonchev–Trinajstić information content (AvgIpc) is 2.82. The molecule has 5 nitrogen and oxygen atoms in total. The maximum absolute atomic E-state index is 12.7. The molecule has 0 radical (unpaired) electrons. The molecular weight excluding hydrogens is 436 g/mol. The number of hydrazone groups is 1. The Morgan fingerprint density at radius 3 is 2.48 bits per heavy atom. The highest BCUT2D eigenvalue weighted by Gasteiger charge is 2.15. The molecule has 0 aromatic heterocycles. The summed E-state index contributed by atoms with van der Waals surface area (Å²) in [5, 5.41) is 6.28. The van der Waals surface area contributed by atoms with Crippen LogP contribution < -0.4 is 10.2 Å². The predicted octanol–water partition coefficient (Wildman–Crippen LogP) is 6.91. The molecule has 0 saturated carbocycles. The smallest absolute Gasteiger partial charge is 0.345 e. The highest BCUT2D eigenvalue weighted by molar-refractivity contribution is 6.33. The van der Waals surface area contributed by atoms with Crippen LogP contribution in [0.3, 0.4) is 0 Å². The Morgan fingerprint density at radius 1 is 0.939 bits per heavy atom. The fourth-order valence-corrected chi connectivity index (χ4v) is 3.78. The summed E-state index contributed by atoms with van der Waals surface area (Å²) in [7, 11) is 0. The fourth-order valence-electron chi connectivity index (χ4n) is 3.57. The first-order valence-electron chi connectivity index (χ1n) is 11.4. The van der Waals surface area contributed by atoms with Gasteiger partial charge in [0.2, 0.25) is 5.91 Å². The minimum Gasteiger partial charge on any atom is -0.422 e. The molecule has 1 amide bonds. The molecule has 0 atom stereocenters. The Kier molecular flexibility index (Phi) is 9.45. The van der Waals surface area contributed by atoms with Gasteiger partial charge in [-0.15, -0.1) is 0 Å². The molecule has 172 valence electrons. The lowest BCUT2D eigenvalue weighted by atomic mass is 10.0. The van der Waals surface area contributed by atoms with E-state index in [2.05, 4.69) is 17.5 Å². The van der Waals surface area contributed by atoms with Crippen LogP contribution in [0.2, 0.25) is 5.02 Å². The van der Waals surface area contributed by atoms with Gasteiger partial charge in [-0.3, -0.25) is 4.79 Å². The van der Waals surface area contributed by atoms with Crippen molar-refractivity contribution in [1.82, 2.24) is 5.43 Å². The van der Waals surface area contributed by atoms with Gasteiger partial charge < -0.3 is 4.74 Å². The summed E-state index contributed by atoms with van der Waals surface area (Å²) in [5.41, 5.74) is 3.47. The second-order valence-electron chi connectivity index (χ2n) is 7.88. The van der Waals surface area contributed by atoms with Crippen LogP contribution in [0.5, 0.6) is 5.75 Å². The summed E-state index contributed by atoms with van der Waals surface area (Å²) in [6.45, 7) is 2.19. The third-order valence-electron chi connectivity index (χ3n) is 5.37. The number of amides is 1. The first kappa shape index (κ1) is 24.5. The van der Waals surface area contributed by atoms with Crippen molar-refractivity contribution in [2.45, 2.75) is 51.9 Å². The minimum atomic E-state index is -0.558. The number of esters is 1. The van der Waals surface area contributed by atoms with Crippen molar-refractivity contribution in [2.75, 3.05) is 0 Å². The monoisotopic (exact) mass is 464 g/mol. The normalized spacial score (nSPS) is 11.1. The van der Waals surface area contributed by atoms with Crippen molar-refractivity contribution in [3.63, 3.8) is 0 Å². The number of carbonyl (C=O) groups excluding carboxylic acids is 2. The highest BCUT2D eigenvalue weighted by atomic mass is 35.5. The molecule has 0 aliphatic carbocycles. The Balaban J connectivity index is 1.71. The number of carbonyl (C=O) groups is 2. The summed E-state index contributed by atoms with van der Waals surface area (Å²) < 4.78 is 5.66. The van der Waals surface area contributed by atoms with Crippen molar-refractivity contribution in [2.24, 2.45) is 5.10 Å². The van der Waals surface area contributed by atoms with E-state index in [-0.39, 0.29) is 11.5 Å². The third-order valence-corrected chi connectivity index (χ3v) is 5.70. The van der Waals surface area contributed by atoms with E-state index in [9.17, 15) is 9.59 Å². The largest absolute Gasteiger partial charge is 0.422 e. The van der Waals surface area contributed by atoms with Gasteiger partial charge in [-0.2, -0.15) is 5.10 Å². The molecule has 0 spiro atoms. The molecule has 0 aliphatic heterocycles. The summed E-state index contributed by atoms with van der Waals surface area (Å²) >= 11 is 6.14. The van der Waals surface area contributed by atoms with Crippen LogP contribution in [-0.2, 0) is 4.79 Å². The Labute approximate surface area is 199 Å². The number of rotatable bonds is 11. The molecule has 3 aromatic rings. The Bertz CT molecular complexity index is 1130. The van der Waals surface area contributed by atoms with E-state index in [0.29, 0.717) is 22.8 Å². The van der Waals surface area contributed by atoms with Crippen LogP contribution in [0, 0.1) is 0 Å². The van der Waals surface area contributed by atoms with Crippen LogP contribution in [0.25, 0.3) is 10.8 Å². The molecule has 33 heavy (non-hydrogen) atoms. The van der Waals surface area contributed by atoms with Crippen molar-refractivity contribution in [1.29, 1.82) is 0 Å². The zero-order chi connectivity index (χ0) is 23.5. The lowest BCUT2D eigenvalue weighted by Crippen LogP contribution is -2.17. The number of hydrogen-bond donors (Lipinski definition) is 1. The topological polar surface area (TPSA) is 67.8 Å². The van der Waals surface area contributed by atoms with Gasteiger partial charge >= 0.3 is 5.97 Å². The number of benzene rings is 3. The molecule has 3 rings (SSSR count). The summed E-state index contributed by atoms with van der Waals surface area (Å²) in [4.78, 5) is 24.8. The predicted molar refractivity (Wildman–Crippen MR) is 134 cm³/mol. The minimum absolute atomic E-state index is 0.128. The van der Waals surface area contributed by atoms with Gasteiger partial charge in [-0.25, -0.2) is 10.2 Å². The van der Waals surface area contributed by atoms with Gasteiger partial charge in [0.15, 0.2) is 0 Å². The van der Waals surface area contributed by atoms with E-state index < -0.39 is 5.97 Å². The third kappa shape index (κ3) is 7.16. The number of fused-ring (bicyclic) bond motifs is 1. The lowest BCUT2D eigenvalue weighted by Gasteiger charge is -2.11. The first-order valence-corrected chi connectivity index (χ1v) is 11.8. The zero-order valence-corrected chi connectivity index (χ0v) is 19.6. The second kappa shape index (κ2) is 12.8. The van der Waals surface area contributed by atoms with Gasteiger partial charge in [0.25, 0.3) is 0 Å². The van der Waals surface area contributed by atoms with Gasteiger partial charge in [-0.05, 0) is 35.4 Å². The lowest BCUT2D eigenvalue weighted by molar-refractivity contribution is -0.121. The van der Waals surface area contributed by atoms with Crippen molar-refractivity contribution in [3.05, 3.63) is 76.8 Å². The number of halogens is 1. The molecule has 6 heteroatoms. The molecule has 0 fully saturated rings. The van der Waals surface area contributed by atoms with E-state index in [1.54, 1.807) is 30.3 Å². The van der Waals surface area contributed by atoms with Crippen molar-refractivity contribution >= 4 is 40.5 Å². The number of hydrogen-bond acceptors (Lipinski definition) is 4. The van der Waals surface area contributed by atoms with Gasteiger partial charge in [0.1, 0.15) is 5.75 Å². The molecule has 0 heterocycles. The van der Waals surface area contributed by atoms with E-state index in [1.807, 2.05) is 30.3 Å². The molecule has 0 aliphatic rings. The number of ether oxygens (including phenoxy) is 1. The van der Waals surface area contributed by atoms with Crippen LogP contribution in [0.4, 0.5) is 0 Å². The summed E-state index contributed by atoms with van der Waals surface area (Å²) in [6.07, 6.45) is 8.67. The van der Waals surface area contributed by atoms with Crippen molar-refractivity contribution < 1.29 is 14.3 Å². The SMILES string of the molecule is CCCCCCCCC(=O)N/N=C\c1c(OC(=O)c2ccccc2Cl)ccc2ccccc12.